The van der Waals surface area contributed by atoms with E-state index in [-0.39, 0.29) is 5.91 Å². The van der Waals surface area contributed by atoms with Crippen molar-refractivity contribution in [1.29, 1.82) is 0 Å². The van der Waals surface area contributed by atoms with Gasteiger partial charge in [-0.15, -0.1) is 0 Å². The molecule has 0 saturated carbocycles. The van der Waals surface area contributed by atoms with Crippen LogP contribution in [0.1, 0.15) is 44.1 Å². The molecule has 162 valence electrons. The number of hydrogen-bond donors (Lipinski definition) is 5. The van der Waals surface area contributed by atoms with Crippen molar-refractivity contribution < 1.29 is 14.4 Å². The predicted molar refractivity (Wildman–Crippen MR) is 114 cm³/mol. The molecule has 1 aromatic carbocycles. The smallest absolute Gasteiger partial charge is 0.243 e. The standard InChI is InChI=1S/C21H35N5O3/c22-12-6-4-10-17(15-27)25-21(29)19(14-16-8-2-1-3-9-16)26-20(28)18(24)11-5-7-13-23/h1-3,8-9,15,17-19H,4-7,10-14,22-24H2,(H,25,29)(H,26,28)/t17-,18-,19-/m0/s1. The molecule has 0 saturated heterocycles. The van der Waals surface area contributed by atoms with Gasteiger partial charge in [0.05, 0.1) is 12.1 Å². The lowest BCUT2D eigenvalue weighted by Gasteiger charge is -2.22. The SMILES string of the molecule is NCCCC[C@@H](C=O)NC(=O)[C@H](Cc1ccccc1)NC(=O)[C@@H](N)CCCCN. The van der Waals surface area contributed by atoms with Gasteiger partial charge in [-0.25, -0.2) is 0 Å². The summed E-state index contributed by atoms with van der Waals surface area (Å²) < 4.78 is 0. The Labute approximate surface area is 173 Å². The molecule has 0 spiro atoms. The maximum absolute atomic E-state index is 12.8. The van der Waals surface area contributed by atoms with Gasteiger partial charge in [-0.2, -0.15) is 0 Å². The van der Waals surface area contributed by atoms with Gasteiger partial charge in [0.1, 0.15) is 12.3 Å². The quantitative estimate of drug-likeness (QED) is 0.204. The Morgan fingerprint density at radius 3 is 2.10 bits per heavy atom. The Morgan fingerprint density at radius 1 is 0.897 bits per heavy atom. The lowest BCUT2D eigenvalue weighted by Crippen LogP contribution is -2.54. The Kier molecular flexibility index (Phi) is 12.5. The number of carbonyl (C=O) groups excluding carboxylic acids is 3. The minimum atomic E-state index is -0.817. The van der Waals surface area contributed by atoms with Gasteiger partial charge in [-0.1, -0.05) is 36.8 Å². The van der Waals surface area contributed by atoms with E-state index >= 15 is 0 Å². The molecule has 0 unspecified atom stereocenters. The second-order valence-corrected chi connectivity index (χ2v) is 7.18. The Hall–Kier alpha value is -2.29. The number of rotatable bonds is 15. The maximum atomic E-state index is 12.8. The lowest BCUT2D eigenvalue weighted by atomic mass is 10.0. The van der Waals surface area contributed by atoms with E-state index in [1.165, 1.54) is 0 Å². The van der Waals surface area contributed by atoms with E-state index in [1.807, 2.05) is 30.3 Å². The third-order valence-electron chi connectivity index (χ3n) is 4.68. The van der Waals surface area contributed by atoms with Crippen LogP contribution >= 0.6 is 0 Å². The predicted octanol–water partition coefficient (Wildman–Crippen LogP) is -0.0171. The van der Waals surface area contributed by atoms with Crippen molar-refractivity contribution in [3.63, 3.8) is 0 Å². The van der Waals surface area contributed by atoms with Crippen molar-refractivity contribution in [3.8, 4) is 0 Å². The van der Waals surface area contributed by atoms with Crippen molar-refractivity contribution >= 4 is 18.1 Å². The van der Waals surface area contributed by atoms with Gasteiger partial charge in [-0.05, 0) is 50.8 Å². The number of hydrogen-bond acceptors (Lipinski definition) is 6. The summed E-state index contributed by atoms with van der Waals surface area (Å²) in [6.45, 7) is 1.08. The molecule has 8 heteroatoms. The topological polar surface area (TPSA) is 153 Å². The third-order valence-corrected chi connectivity index (χ3v) is 4.68. The number of unbranched alkanes of at least 4 members (excludes halogenated alkanes) is 2. The van der Waals surface area contributed by atoms with Crippen LogP contribution in [-0.2, 0) is 20.8 Å². The van der Waals surface area contributed by atoms with Crippen LogP contribution in [0.4, 0.5) is 0 Å². The zero-order valence-electron chi connectivity index (χ0n) is 17.0. The second-order valence-electron chi connectivity index (χ2n) is 7.18. The molecule has 0 bridgehead atoms. The van der Waals surface area contributed by atoms with E-state index in [0.29, 0.717) is 38.6 Å². The summed E-state index contributed by atoms with van der Waals surface area (Å²) in [6.07, 6.45) is 5.09. The van der Waals surface area contributed by atoms with Crippen LogP contribution < -0.4 is 27.8 Å². The summed E-state index contributed by atoms with van der Waals surface area (Å²) in [5.74, 6) is -0.787. The average Bonchev–Trinajstić information content (AvgIpc) is 2.73. The maximum Gasteiger partial charge on any atom is 0.243 e. The van der Waals surface area contributed by atoms with E-state index in [9.17, 15) is 14.4 Å². The first-order valence-corrected chi connectivity index (χ1v) is 10.3. The molecule has 0 aliphatic rings. The summed E-state index contributed by atoms with van der Waals surface area (Å²) in [6, 6.07) is 7.24. The average molecular weight is 406 g/mol. The fraction of sp³-hybridized carbons (Fsp3) is 0.571. The highest BCUT2D eigenvalue weighted by Crippen LogP contribution is 2.06. The van der Waals surface area contributed by atoms with Crippen LogP contribution in [0.15, 0.2) is 30.3 Å². The van der Waals surface area contributed by atoms with Crippen LogP contribution in [0.2, 0.25) is 0 Å². The van der Waals surface area contributed by atoms with Gasteiger partial charge in [0.2, 0.25) is 11.8 Å². The highest BCUT2D eigenvalue weighted by Gasteiger charge is 2.25. The van der Waals surface area contributed by atoms with Crippen LogP contribution in [-0.4, -0.2) is 49.3 Å². The molecule has 1 aromatic rings. The molecule has 0 aliphatic carbocycles. The first-order chi connectivity index (χ1) is 14.0. The molecule has 3 atom stereocenters. The largest absolute Gasteiger partial charge is 0.345 e. The van der Waals surface area contributed by atoms with Crippen molar-refractivity contribution in [2.75, 3.05) is 13.1 Å². The second kappa shape index (κ2) is 14.7. The molecule has 1 rings (SSSR count). The molecule has 0 aromatic heterocycles. The van der Waals surface area contributed by atoms with Crippen molar-refractivity contribution in [2.45, 2.75) is 63.1 Å². The number of carbonyl (C=O) groups is 3. The highest BCUT2D eigenvalue weighted by atomic mass is 16.2. The van der Waals surface area contributed by atoms with Gasteiger partial charge >= 0.3 is 0 Å². The Bertz CT molecular complexity index is 612. The number of amides is 2. The Morgan fingerprint density at radius 2 is 1.52 bits per heavy atom. The summed E-state index contributed by atoms with van der Waals surface area (Å²) in [7, 11) is 0. The number of nitrogens with one attached hydrogen (secondary N) is 2. The number of benzene rings is 1. The molecular weight excluding hydrogens is 370 g/mol. The first kappa shape index (κ1) is 24.7. The lowest BCUT2D eigenvalue weighted by molar-refractivity contribution is -0.130. The molecule has 8 N–H and O–H groups in total. The summed E-state index contributed by atoms with van der Waals surface area (Å²) in [5.41, 5.74) is 17.8. The molecule has 29 heavy (non-hydrogen) atoms. The monoisotopic (exact) mass is 405 g/mol. The molecule has 8 nitrogen and oxygen atoms in total. The van der Waals surface area contributed by atoms with E-state index in [4.69, 9.17) is 17.2 Å². The molecule has 0 heterocycles. The van der Waals surface area contributed by atoms with E-state index < -0.39 is 24.0 Å². The fourth-order valence-corrected chi connectivity index (χ4v) is 2.94. The van der Waals surface area contributed by atoms with Gasteiger partial charge in [0.25, 0.3) is 0 Å². The Balaban J connectivity index is 2.77. The molecule has 0 radical (unpaired) electrons. The number of aldehydes is 1. The molecule has 2 amide bonds. The molecule has 0 fully saturated rings. The summed E-state index contributed by atoms with van der Waals surface area (Å²) in [4.78, 5) is 36.6. The normalized spacial score (nSPS) is 13.9. The highest BCUT2D eigenvalue weighted by molar-refractivity contribution is 5.91. The van der Waals surface area contributed by atoms with Crippen LogP contribution in [0.25, 0.3) is 0 Å². The fourth-order valence-electron chi connectivity index (χ4n) is 2.94. The molecule has 0 aliphatic heterocycles. The van der Waals surface area contributed by atoms with E-state index in [1.54, 1.807) is 0 Å². The zero-order chi connectivity index (χ0) is 21.5. The number of nitrogens with two attached hydrogens (primary N) is 3. The van der Waals surface area contributed by atoms with Gasteiger partial charge in [0.15, 0.2) is 0 Å². The van der Waals surface area contributed by atoms with Crippen LogP contribution in [0, 0.1) is 0 Å². The van der Waals surface area contributed by atoms with E-state index in [2.05, 4.69) is 10.6 Å². The van der Waals surface area contributed by atoms with Gasteiger partial charge in [0, 0.05) is 6.42 Å². The van der Waals surface area contributed by atoms with Gasteiger partial charge in [-0.3, -0.25) is 9.59 Å². The van der Waals surface area contributed by atoms with Crippen LogP contribution in [0.5, 0.6) is 0 Å². The first-order valence-electron chi connectivity index (χ1n) is 10.3. The molecular formula is C21H35N5O3. The third kappa shape index (κ3) is 10.2. The van der Waals surface area contributed by atoms with Crippen molar-refractivity contribution in [2.24, 2.45) is 17.2 Å². The summed E-state index contributed by atoms with van der Waals surface area (Å²) >= 11 is 0. The van der Waals surface area contributed by atoms with Crippen LogP contribution in [0.3, 0.4) is 0 Å². The van der Waals surface area contributed by atoms with Gasteiger partial charge < -0.3 is 32.6 Å². The summed E-state index contributed by atoms with van der Waals surface area (Å²) in [5, 5.41) is 5.47. The minimum Gasteiger partial charge on any atom is -0.345 e. The van der Waals surface area contributed by atoms with E-state index in [0.717, 1.165) is 31.2 Å². The van der Waals surface area contributed by atoms with Crippen molar-refractivity contribution in [3.05, 3.63) is 35.9 Å². The zero-order valence-corrected chi connectivity index (χ0v) is 17.0. The minimum absolute atomic E-state index is 0.308. The van der Waals surface area contributed by atoms with Crippen molar-refractivity contribution in [1.82, 2.24) is 10.6 Å².